The molecule has 0 radical (unpaired) electrons. The van der Waals surface area contributed by atoms with Gasteiger partial charge in [-0.15, -0.1) is 0 Å². The van der Waals surface area contributed by atoms with Crippen molar-refractivity contribution in [1.29, 1.82) is 0 Å². The van der Waals surface area contributed by atoms with Crippen LogP contribution in [0.2, 0.25) is 0 Å². The van der Waals surface area contributed by atoms with Crippen molar-refractivity contribution < 1.29 is 19.0 Å². The van der Waals surface area contributed by atoms with Crippen LogP contribution in [0.15, 0.2) is 24.3 Å². The van der Waals surface area contributed by atoms with Gasteiger partial charge >= 0.3 is 0 Å². The van der Waals surface area contributed by atoms with E-state index in [9.17, 15) is 9.18 Å². The lowest BCUT2D eigenvalue weighted by Crippen LogP contribution is -2.33. The van der Waals surface area contributed by atoms with Gasteiger partial charge in [0.1, 0.15) is 11.6 Å². The van der Waals surface area contributed by atoms with E-state index in [4.69, 9.17) is 9.84 Å². The van der Waals surface area contributed by atoms with E-state index >= 15 is 0 Å². The van der Waals surface area contributed by atoms with E-state index in [0.29, 0.717) is 18.7 Å². The number of ether oxygens (including phenoxy) is 1. The Morgan fingerprint density at radius 3 is 2.90 bits per heavy atom. The third kappa shape index (κ3) is 6.52. The Balaban J connectivity index is 2.29. The Kier molecular flexibility index (Phi) is 7.65. The van der Waals surface area contributed by atoms with Crippen LogP contribution in [0.25, 0.3) is 0 Å². The molecule has 5 heteroatoms. The molecule has 1 amide bonds. The first-order valence-electron chi connectivity index (χ1n) is 6.91. The number of halogens is 1. The minimum Gasteiger partial charge on any atom is -0.484 e. The number of amides is 1. The summed E-state index contributed by atoms with van der Waals surface area (Å²) < 4.78 is 18.1. The van der Waals surface area contributed by atoms with Crippen LogP contribution in [0.3, 0.4) is 0 Å². The summed E-state index contributed by atoms with van der Waals surface area (Å²) in [5.74, 6) is -0.0223. The molecular formula is C15H22FNO3. The lowest BCUT2D eigenvalue weighted by atomic mass is 10.0. The van der Waals surface area contributed by atoms with Crippen molar-refractivity contribution in [3.8, 4) is 5.75 Å². The summed E-state index contributed by atoms with van der Waals surface area (Å²) in [5.41, 5.74) is 0. The van der Waals surface area contributed by atoms with Gasteiger partial charge in [0.2, 0.25) is 0 Å². The smallest absolute Gasteiger partial charge is 0.257 e. The number of hydrogen-bond donors (Lipinski definition) is 2. The van der Waals surface area contributed by atoms with Gasteiger partial charge in [-0.3, -0.25) is 4.79 Å². The van der Waals surface area contributed by atoms with Gasteiger partial charge in [-0.2, -0.15) is 0 Å². The van der Waals surface area contributed by atoms with E-state index in [0.717, 1.165) is 12.8 Å². The summed E-state index contributed by atoms with van der Waals surface area (Å²) in [6.07, 6.45) is 2.66. The predicted molar refractivity (Wildman–Crippen MR) is 75.0 cm³/mol. The van der Waals surface area contributed by atoms with Gasteiger partial charge in [0.25, 0.3) is 5.91 Å². The number of carbonyl (C=O) groups excluding carboxylic acids is 1. The van der Waals surface area contributed by atoms with Crippen molar-refractivity contribution >= 4 is 5.91 Å². The highest BCUT2D eigenvalue weighted by atomic mass is 19.1. The molecule has 112 valence electrons. The molecule has 0 saturated carbocycles. The minimum absolute atomic E-state index is 0.125. The molecule has 1 aromatic carbocycles. The number of aliphatic hydroxyl groups is 1. The van der Waals surface area contributed by atoms with Crippen molar-refractivity contribution in [2.45, 2.75) is 26.2 Å². The summed E-state index contributed by atoms with van der Waals surface area (Å²) in [4.78, 5) is 11.6. The molecule has 0 saturated heterocycles. The number of nitrogens with one attached hydrogen (secondary N) is 1. The van der Waals surface area contributed by atoms with Crippen LogP contribution in [-0.4, -0.2) is 30.8 Å². The van der Waals surface area contributed by atoms with Crippen LogP contribution >= 0.6 is 0 Å². The van der Waals surface area contributed by atoms with Crippen LogP contribution in [-0.2, 0) is 4.79 Å². The van der Waals surface area contributed by atoms with Crippen molar-refractivity contribution in [3.05, 3.63) is 30.1 Å². The SMILES string of the molecule is CCCC(CCO)CNC(=O)COc1cccc(F)c1. The molecule has 0 fully saturated rings. The standard InChI is InChI=1S/C15H22FNO3/c1-2-4-12(7-8-18)10-17-15(19)11-20-14-6-3-5-13(16)9-14/h3,5-6,9,12,18H,2,4,7-8,10-11H2,1H3,(H,17,19). The maximum Gasteiger partial charge on any atom is 0.257 e. The van der Waals surface area contributed by atoms with Gasteiger partial charge in [0.05, 0.1) is 0 Å². The molecule has 0 aliphatic rings. The minimum atomic E-state index is -0.395. The highest BCUT2D eigenvalue weighted by Gasteiger charge is 2.09. The lowest BCUT2D eigenvalue weighted by molar-refractivity contribution is -0.123. The quantitative estimate of drug-likeness (QED) is 0.730. The number of aliphatic hydroxyl groups excluding tert-OH is 1. The number of carbonyl (C=O) groups is 1. The zero-order valence-electron chi connectivity index (χ0n) is 11.8. The Labute approximate surface area is 119 Å². The van der Waals surface area contributed by atoms with Crippen LogP contribution in [0.4, 0.5) is 4.39 Å². The summed E-state index contributed by atoms with van der Waals surface area (Å²) in [5, 5.41) is 11.7. The first kappa shape index (κ1) is 16.4. The molecule has 1 unspecified atom stereocenters. The van der Waals surface area contributed by atoms with Crippen LogP contribution in [0.5, 0.6) is 5.75 Å². The first-order chi connectivity index (χ1) is 9.65. The molecule has 20 heavy (non-hydrogen) atoms. The molecule has 0 spiro atoms. The summed E-state index contributed by atoms with van der Waals surface area (Å²) in [7, 11) is 0. The average Bonchev–Trinajstić information content (AvgIpc) is 2.43. The van der Waals surface area contributed by atoms with Crippen molar-refractivity contribution in [2.24, 2.45) is 5.92 Å². The van der Waals surface area contributed by atoms with Crippen LogP contribution < -0.4 is 10.1 Å². The fourth-order valence-corrected chi connectivity index (χ4v) is 1.95. The molecule has 1 aromatic rings. The third-order valence-electron chi connectivity index (χ3n) is 2.99. The summed E-state index contributed by atoms with van der Waals surface area (Å²) in [6.45, 7) is 2.58. The highest BCUT2D eigenvalue weighted by Crippen LogP contribution is 2.12. The molecule has 0 aliphatic carbocycles. The first-order valence-corrected chi connectivity index (χ1v) is 6.91. The normalized spacial score (nSPS) is 11.9. The maximum absolute atomic E-state index is 12.9. The molecule has 0 bridgehead atoms. The maximum atomic E-state index is 12.9. The number of benzene rings is 1. The van der Waals surface area contributed by atoms with Gasteiger partial charge in [-0.1, -0.05) is 19.4 Å². The second kappa shape index (κ2) is 9.31. The van der Waals surface area contributed by atoms with E-state index in [2.05, 4.69) is 12.2 Å². The van der Waals surface area contributed by atoms with E-state index in [1.807, 2.05) is 0 Å². The Morgan fingerprint density at radius 2 is 2.25 bits per heavy atom. The van der Waals surface area contributed by atoms with Gasteiger partial charge in [-0.25, -0.2) is 4.39 Å². The van der Waals surface area contributed by atoms with E-state index in [1.165, 1.54) is 18.2 Å². The Bertz CT molecular complexity index is 406. The van der Waals surface area contributed by atoms with Crippen molar-refractivity contribution in [1.82, 2.24) is 5.32 Å². The molecule has 0 heterocycles. The highest BCUT2D eigenvalue weighted by molar-refractivity contribution is 5.77. The summed E-state index contributed by atoms with van der Waals surface area (Å²) in [6, 6.07) is 5.68. The van der Waals surface area contributed by atoms with Crippen LogP contribution in [0.1, 0.15) is 26.2 Å². The van der Waals surface area contributed by atoms with E-state index in [1.54, 1.807) is 6.07 Å². The van der Waals surface area contributed by atoms with E-state index in [-0.39, 0.29) is 25.0 Å². The molecule has 1 rings (SSSR count). The molecule has 2 N–H and O–H groups in total. The molecule has 0 aliphatic heterocycles. The number of hydrogen-bond acceptors (Lipinski definition) is 3. The van der Waals surface area contributed by atoms with Gasteiger partial charge in [0.15, 0.2) is 6.61 Å². The number of rotatable bonds is 9. The van der Waals surface area contributed by atoms with Gasteiger partial charge in [-0.05, 0) is 30.9 Å². The Morgan fingerprint density at radius 1 is 1.45 bits per heavy atom. The largest absolute Gasteiger partial charge is 0.484 e. The van der Waals surface area contributed by atoms with Crippen molar-refractivity contribution in [3.63, 3.8) is 0 Å². The molecule has 1 atom stereocenters. The van der Waals surface area contributed by atoms with E-state index < -0.39 is 5.82 Å². The second-order valence-corrected chi connectivity index (χ2v) is 4.72. The van der Waals surface area contributed by atoms with Gasteiger partial charge in [0, 0.05) is 19.2 Å². The summed E-state index contributed by atoms with van der Waals surface area (Å²) >= 11 is 0. The van der Waals surface area contributed by atoms with Crippen molar-refractivity contribution in [2.75, 3.05) is 19.8 Å². The monoisotopic (exact) mass is 283 g/mol. The topological polar surface area (TPSA) is 58.6 Å². The fraction of sp³-hybridized carbons (Fsp3) is 0.533. The second-order valence-electron chi connectivity index (χ2n) is 4.72. The molecular weight excluding hydrogens is 261 g/mol. The molecule has 4 nitrogen and oxygen atoms in total. The molecule has 0 aromatic heterocycles. The third-order valence-corrected chi connectivity index (χ3v) is 2.99. The predicted octanol–water partition coefficient (Wildman–Crippen LogP) is 2.12. The fourth-order valence-electron chi connectivity index (χ4n) is 1.95. The van der Waals surface area contributed by atoms with Gasteiger partial charge < -0.3 is 15.2 Å². The average molecular weight is 283 g/mol. The lowest BCUT2D eigenvalue weighted by Gasteiger charge is -2.15. The Hall–Kier alpha value is -1.62. The van der Waals surface area contributed by atoms with Crippen LogP contribution in [0, 0.1) is 11.7 Å². The zero-order chi connectivity index (χ0) is 14.8. The zero-order valence-corrected chi connectivity index (χ0v) is 11.8.